The number of aromatic nitrogens is 3. The highest BCUT2D eigenvalue weighted by atomic mass is 19.5. The molecule has 0 spiro atoms. The predicted octanol–water partition coefficient (Wildman–Crippen LogP) is 4.12. The lowest BCUT2D eigenvalue weighted by molar-refractivity contribution is -0.667. The molecular formula is C23H18BF4N3O2. The largest absolute Gasteiger partial charge is 0.673 e. The molecule has 0 amide bonds. The molecule has 0 N–H and O–H groups in total. The minimum atomic E-state index is -6.00. The van der Waals surface area contributed by atoms with Gasteiger partial charge in [-0.15, -0.1) is 0 Å². The van der Waals surface area contributed by atoms with Crippen LogP contribution in [0.1, 0.15) is 0 Å². The number of para-hydroxylation sites is 1. The predicted molar refractivity (Wildman–Crippen MR) is 121 cm³/mol. The normalized spacial score (nSPS) is 11.6. The average Bonchev–Trinajstić information content (AvgIpc) is 2.96. The fourth-order valence-corrected chi connectivity index (χ4v) is 3.96. The molecule has 10 heteroatoms. The maximum atomic E-state index is 13.1. The molecule has 5 rings (SSSR count). The van der Waals surface area contributed by atoms with Gasteiger partial charge < -0.3 is 17.3 Å². The molecule has 0 fully saturated rings. The van der Waals surface area contributed by atoms with Gasteiger partial charge in [-0.2, -0.15) is 9.13 Å². The summed E-state index contributed by atoms with van der Waals surface area (Å²) < 4.78 is 43.7. The van der Waals surface area contributed by atoms with E-state index >= 15 is 0 Å². The van der Waals surface area contributed by atoms with Crippen LogP contribution < -0.4 is 15.8 Å². The van der Waals surface area contributed by atoms with E-state index in [-0.39, 0.29) is 11.2 Å². The second kappa shape index (κ2) is 8.20. The van der Waals surface area contributed by atoms with Gasteiger partial charge in [-0.05, 0) is 35.0 Å². The summed E-state index contributed by atoms with van der Waals surface area (Å²) in [4.78, 5) is 25.7. The van der Waals surface area contributed by atoms with Gasteiger partial charge in [0, 0.05) is 5.39 Å². The van der Waals surface area contributed by atoms with Crippen LogP contribution >= 0.6 is 0 Å². The van der Waals surface area contributed by atoms with Crippen molar-refractivity contribution in [1.82, 2.24) is 9.13 Å². The van der Waals surface area contributed by atoms with Crippen LogP contribution in [0, 0.1) is 0 Å². The topological polar surface area (TPSA) is 47.9 Å². The van der Waals surface area contributed by atoms with Crippen LogP contribution in [0.3, 0.4) is 0 Å². The van der Waals surface area contributed by atoms with E-state index in [2.05, 4.69) is 18.2 Å². The first-order chi connectivity index (χ1) is 15.6. The zero-order valence-electron chi connectivity index (χ0n) is 17.7. The monoisotopic (exact) mass is 455 g/mol. The molecule has 168 valence electrons. The first-order valence-corrected chi connectivity index (χ1v) is 9.97. The Morgan fingerprint density at radius 3 is 2.03 bits per heavy atom. The van der Waals surface area contributed by atoms with E-state index in [4.69, 9.17) is 0 Å². The standard InChI is InChI=1S/C23H18N3O2.BF4/c1-24-21-20(22(27)25(2)23(24)28)18-13-12-15-8-6-7-9-16(15)14-19(18)26(21)17-10-4-3-5-11-17;2-1(3,4)5/h3-14H,1-2H3;/q+1;-1. The van der Waals surface area contributed by atoms with E-state index in [9.17, 15) is 26.9 Å². The number of nitrogens with zero attached hydrogens (tertiary/aromatic N) is 3. The van der Waals surface area contributed by atoms with Gasteiger partial charge in [-0.25, -0.2) is 14.2 Å². The van der Waals surface area contributed by atoms with Gasteiger partial charge in [-0.3, -0.25) is 0 Å². The van der Waals surface area contributed by atoms with Crippen LogP contribution in [0.15, 0.2) is 82.4 Å². The third kappa shape index (κ3) is 4.11. The summed E-state index contributed by atoms with van der Waals surface area (Å²) in [5.41, 5.74) is 1.77. The molecule has 0 aliphatic rings. The first-order valence-electron chi connectivity index (χ1n) is 9.97. The third-order valence-electron chi connectivity index (χ3n) is 5.36. The Balaban J connectivity index is 0.000000471. The molecule has 0 aliphatic carbocycles. The molecule has 5 aromatic rings. The SMILES string of the molecule is Cn1c(=O)c2c3ccc4ccccc4cc3n(-c3ccccc3)c2[n+](C)c1=O.F[B-](F)(F)F. The molecule has 0 saturated carbocycles. The van der Waals surface area contributed by atoms with Crippen molar-refractivity contribution in [3.8, 4) is 5.69 Å². The van der Waals surface area contributed by atoms with Crippen LogP contribution in [0.25, 0.3) is 38.4 Å². The van der Waals surface area contributed by atoms with Gasteiger partial charge in [0.05, 0.1) is 14.1 Å². The second-order valence-corrected chi connectivity index (χ2v) is 7.48. The van der Waals surface area contributed by atoms with Gasteiger partial charge >= 0.3 is 18.5 Å². The van der Waals surface area contributed by atoms with Crippen LogP contribution in [-0.4, -0.2) is 16.4 Å². The van der Waals surface area contributed by atoms with E-state index in [1.165, 1.54) is 11.6 Å². The average molecular weight is 455 g/mol. The van der Waals surface area contributed by atoms with Crippen LogP contribution in [-0.2, 0) is 14.1 Å². The first kappa shape index (κ1) is 22.3. The molecular weight excluding hydrogens is 437 g/mol. The van der Waals surface area contributed by atoms with E-state index in [0.29, 0.717) is 11.0 Å². The molecule has 0 atom stereocenters. The summed E-state index contributed by atoms with van der Waals surface area (Å²) in [6.45, 7) is 0. The highest BCUT2D eigenvalue weighted by Crippen LogP contribution is 2.29. The zero-order chi connectivity index (χ0) is 23.9. The number of hydrogen-bond donors (Lipinski definition) is 0. The molecule has 2 aromatic heterocycles. The minimum Gasteiger partial charge on any atom is -0.418 e. The molecule has 2 heterocycles. The van der Waals surface area contributed by atoms with E-state index in [1.807, 2.05) is 59.2 Å². The van der Waals surface area contributed by atoms with Crippen LogP contribution in [0.2, 0.25) is 0 Å². The molecule has 0 unspecified atom stereocenters. The van der Waals surface area contributed by atoms with Crippen molar-refractivity contribution in [2.24, 2.45) is 14.1 Å². The number of rotatable bonds is 1. The molecule has 3 aromatic carbocycles. The summed E-state index contributed by atoms with van der Waals surface area (Å²) in [6, 6.07) is 24.0. The quantitative estimate of drug-likeness (QED) is 0.217. The van der Waals surface area contributed by atoms with E-state index < -0.39 is 7.25 Å². The molecule has 5 nitrogen and oxygen atoms in total. The number of benzene rings is 2. The molecule has 0 bridgehead atoms. The van der Waals surface area contributed by atoms with Crippen molar-refractivity contribution >= 4 is 40.0 Å². The Kier molecular flexibility index (Phi) is 5.53. The van der Waals surface area contributed by atoms with E-state index in [0.717, 1.165) is 27.4 Å². The Morgan fingerprint density at radius 1 is 0.818 bits per heavy atom. The van der Waals surface area contributed by atoms with E-state index in [1.54, 1.807) is 11.6 Å². The third-order valence-corrected chi connectivity index (χ3v) is 5.36. The summed E-state index contributed by atoms with van der Waals surface area (Å²) in [5, 5.41) is 3.53. The maximum Gasteiger partial charge on any atom is 0.673 e. The lowest BCUT2D eigenvalue weighted by Crippen LogP contribution is -2.55. The van der Waals surface area contributed by atoms with Gasteiger partial charge in [0.25, 0.3) is 5.65 Å². The number of aryl methyl sites for hydroxylation is 1. The lowest BCUT2D eigenvalue weighted by Gasteiger charge is -2.04. The fourth-order valence-electron chi connectivity index (χ4n) is 3.96. The minimum absolute atomic E-state index is 0.284. The summed E-state index contributed by atoms with van der Waals surface area (Å²) >= 11 is 0. The number of fused-ring (bicyclic) bond motifs is 4. The zero-order valence-corrected chi connectivity index (χ0v) is 17.7. The van der Waals surface area contributed by atoms with Crippen molar-refractivity contribution in [2.45, 2.75) is 0 Å². The van der Waals surface area contributed by atoms with Crippen LogP contribution in [0.4, 0.5) is 17.3 Å². The number of hydrogen-bond acceptors (Lipinski definition) is 2. The van der Waals surface area contributed by atoms with Gasteiger partial charge in [-0.1, -0.05) is 48.5 Å². The highest BCUT2D eigenvalue weighted by Gasteiger charge is 2.26. The van der Waals surface area contributed by atoms with Crippen LogP contribution in [0.5, 0.6) is 0 Å². The van der Waals surface area contributed by atoms with Crippen molar-refractivity contribution in [2.75, 3.05) is 0 Å². The maximum absolute atomic E-state index is 13.1. The van der Waals surface area contributed by atoms with Gasteiger partial charge in [0.2, 0.25) is 0 Å². The second-order valence-electron chi connectivity index (χ2n) is 7.48. The smallest absolute Gasteiger partial charge is 0.418 e. The van der Waals surface area contributed by atoms with Gasteiger partial charge in [0.1, 0.15) is 16.6 Å². The number of halogens is 4. The Morgan fingerprint density at radius 2 is 1.39 bits per heavy atom. The van der Waals surface area contributed by atoms with Crippen molar-refractivity contribution < 1.29 is 21.8 Å². The Bertz CT molecular complexity index is 1620. The summed E-state index contributed by atoms with van der Waals surface area (Å²) in [6.07, 6.45) is 0. The molecule has 0 radical (unpaired) electrons. The fraction of sp³-hybridized carbons (Fsp3) is 0.0870. The molecule has 0 aliphatic heterocycles. The summed E-state index contributed by atoms with van der Waals surface area (Å²) in [5.74, 6) is 0. The Labute approximate surface area is 184 Å². The molecule has 33 heavy (non-hydrogen) atoms. The highest BCUT2D eigenvalue weighted by molar-refractivity contribution is 6.50. The van der Waals surface area contributed by atoms with Crippen molar-refractivity contribution in [3.63, 3.8) is 0 Å². The van der Waals surface area contributed by atoms with Crippen molar-refractivity contribution in [3.05, 3.63) is 93.6 Å². The van der Waals surface area contributed by atoms with Gasteiger partial charge in [0.15, 0.2) is 0 Å². The Hall–Kier alpha value is -3.95. The lowest BCUT2D eigenvalue weighted by atomic mass is 10.2. The molecule has 0 saturated heterocycles. The summed E-state index contributed by atoms with van der Waals surface area (Å²) in [7, 11) is -2.77. The van der Waals surface area contributed by atoms with Crippen molar-refractivity contribution in [1.29, 1.82) is 0 Å².